The average Bonchev–Trinajstić information content (AvgIpc) is 3.11. The Bertz CT molecular complexity index is 1110. The molecule has 1 heterocycles. The normalized spacial score (nSPS) is 12.2. The van der Waals surface area contributed by atoms with E-state index in [1.165, 1.54) is 6.07 Å². The average molecular weight is 358 g/mol. The lowest BCUT2D eigenvalue weighted by molar-refractivity contribution is 0.0697. The van der Waals surface area contributed by atoms with Gasteiger partial charge in [-0.25, -0.2) is 9.78 Å². The van der Waals surface area contributed by atoms with Gasteiger partial charge in [-0.15, -0.1) is 0 Å². The summed E-state index contributed by atoms with van der Waals surface area (Å²) in [6.07, 6.45) is -0.687. The monoisotopic (exact) mass is 358 g/mol. The maximum atomic E-state index is 11.1. The highest BCUT2D eigenvalue weighted by Crippen LogP contribution is 2.26. The van der Waals surface area contributed by atoms with E-state index >= 15 is 0 Å². The van der Waals surface area contributed by atoms with Crippen LogP contribution in [0, 0.1) is 6.92 Å². The number of aromatic amines is 1. The SMILES string of the molecule is Cc1ccc(C(O)c2ccc(-c3nc4ccc(C(=O)O)cc4[nH]3)cc2)cc1. The predicted octanol–water partition coefficient (Wildman–Crippen LogP) is 4.32. The van der Waals surface area contributed by atoms with Crippen molar-refractivity contribution in [2.24, 2.45) is 0 Å². The summed E-state index contributed by atoms with van der Waals surface area (Å²) in [6, 6.07) is 20.1. The summed E-state index contributed by atoms with van der Waals surface area (Å²) in [5.41, 5.74) is 5.26. The van der Waals surface area contributed by atoms with Gasteiger partial charge in [-0.3, -0.25) is 0 Å². The molecule has 1 aromatic heterocycles. The van der Waals surface area contributed by atoms with Crippen LogP contribution in [-0.4, -0.2) is 26.2 Å². The summed E-state index contributed by atoms with van der Waals surface area (Å²) in [6.45, 7) is 2.01. The third-order valence-electron chi connectivity index (χ3n) is 4.62. The van der Waals surface area contributed by atoms with Gasteiger partial charge in [-0.05, 0) is 36.2 Å². The van der Waals surface area contributed by atoms with E-state index in [2.05, 4.69) is 9.97 Å². The Morgan fingerprint density at radius 1 is 0.963 bits per heavy atom. The molecule has 0 amide bonds. The van der Waals surface area contributed by atoms with Crippen molar-refractivity contribution >= 4 is 17.0 Å². The van der Waals surface area contributed by atoms with Crippen LogP contribution in [0.5, 0.6) is 0 Å². The van der Waals surface area contributed by atoms with Crippen LogP contribution in [0.15, 0.2) is 66.7 Å². The van der Waals surface area contributed by atoms with Crippen molar-refractivity contribution in [3.8, 4) is 11.4 Å². The number of rotatable bonds is 4. The molecule has 0 bridgehead atoms. The summed E-state index contributed by atoms with van der Waals surface area (Å²) < 4.78 is 0. The molecule has 0 fully saturated rings. The van der Waals surface area contributed by atoms with Crippen LogP contribution in [0.1, 0.15) is 33.2 Å². The second-order valence-corrected chi connectivity index (χ2v) is 6.56. The molecule has 4 rings (SSSR count). The number of carboxylic acid groups (broad SMARTS) is 1. The predicted molar refractivity (Wildman–Crippen MR) is 104 cm³/mol. The molecule has 1 atom stereocenters. The highest BCUT2D eigenvalue weighted by Gasteiger charge is 2.12. The minimum Gasteiger partial charge on any atom is -0.478 e. The second-order valence-electron chi connectivity index (χ2n) is 6.56. The van der Waals surface area contributed by atoms with Crippen molar-refractivity contribution in [3.63, 3.8) is 0 Å². The molecule has 3 N–H and O–H groups in total. The minimum atomic E-state index is -0.970. The lowest BCUT2D eigenvalue weighted by Gasteiger charge is -2.12. The number of benzene rings is 3. The van der Waals surface area contributed by atoms with Gasteiger partial charge in [0.25, 0.3) is 0 Å². The van der Waals surface area contributed by atoms with Gasteiger partial charge in [-0.2, -0.15) is 0 Å². The number of aromatic nitrogens is 2. The third kappa shape index (κ3) is 3.32. The molecule has 3 aromatic carbocycles. The Morgan fingerprint density at radius 3 is 2.22 bits per heavy atom. The number of imidazole rings is 1. The zero-order valence-corrected chi connectivity index (χ0v) is 14.7. The number of nitrogens with one attached hydrogen (secondary N) is 1. The van der Waals surface area contributed by atoms with Crippen LogP contribution in [0.3, 0.4) is 0 Å². The van der Waals surface area contributed by atoms with Crippen molar-refractivity contribution in [2.45, 2.75) is 13.0 Å². The fraction of sp³-hybridized carbons (Fsp3) is 0.0909. The van der Waals surface area contributed by atoms with Gasteiger partial charge in [0.2, 0.25) is 0 Å². The Balaban J connectivity index is 1.62. The summed E-state index contributed by atoms with van der Waals surface area (Å²) in [4.78, 5) is 18.8. The van der Waals surface area contributed by atoms with Crippen molar-refractivity contribution in [1.29, 1.82) is 0 Å². The number of nitrogens with zero attached hydrogens (tertiary/aromatic N) is 1. The molecule has 0 saturated carbocycles. The van der Waals surface area contributed by atoms with Gasteiger partial charge in [0.1, 0.15) is 11.9 Å². The van der Waals surface area contributed by atoms with E-state index in [-0.39, 0.29) is 5.56 Å². The topological polar surface area (TPSA) is 86.2 Å². The minimum absolute atomic E-state index is 0.217. The number of hydrogen-bond acceptors (Lipinski definition) is 3. The number of hydrogen-bond donors (Lipinski definition) is 3. The van der Waals surface area contributed by atoms with Gasteiger partial charge in [0, 0.05) is 5.56 Å². The molecule has 5 nitrogen and oxygen atoms in total. The molecular weight excluding hydrogens is 340 g/mol. The van der Waals surface area contributed by atoms with Gasteiger partial charge in [0.05, 0.1) is 16.6 Å². The molecule has 0 saturated heterocycles. The Morgan fingerprint density at radius 2 is 1.59 bits per heavy atom. The number of aromatic carboxylic acids is 1. The van der Waals surface area contributed by atoms with Gasteiger partial charge in [-0.1, -0.05) is 54.1 Å². The maximum Gasteiger partial charge on any atom is 0.335 e. The van der Waals surface area contributed by atoms with Crippen molar-refractivity contribution in [2.75, 3.05) is 0 Å². The number of aliphatic hydroxyl groups is 1. The van der Waals surface area contributed by atoms with E-state index in [1.54, 1.807) is 12.1 Å². The summed E-state index contributed by atoms with van der Waals surface area (Å²) in [7, 11) is 0. The van der Waals surface area contributed by atoms with Crippen LogP contribution < -0.4 is 0 Å². The molecule has 0 radical (unpaired) electrons. The lowest BCUT2D eigenvalue weighted by atomic mass is 9.99. The Kier molecular flexibility index (Phi) is 4.22. The van der Waals surface area contributed by atoms with E-state index in [1.807, 2.05) is 55.5 Å². The first-order valence-electron chi connectivity index (χ1n) is 8.59. The summed E-state index contributed by atoms with van der Waals surface area (Å²) >= 11 is 0. The van der Waals surface area contributed by atoms with E-state index < -0.39 is 12.1 Å². The largest absolute Gasteiger partial charge is 0.478 e. The van der Waals surface area contributed by atoms with E-state index in [4.69, 9.17) is 5.11 Å². The fourth-order valence-electron chi connectivity index (χ4n) is 3.04. The zero-order chi connectivity index (χ0) is 19.0. The Labute approximate surface area is 156 Å². The maximum absolute atomic E-state index is 11.1. The number of fused-ring (bicyclic) bond motifs is 1. The standard InChI is InChI=1S/C22H18N2O3/c1-13-2-4-14(5-3-13)20(25)15-6-8-16(9-7-15)21-23-18-11-10-17(22(26)27)12-19(18)24-21/h2-12,20,25H,1H3,(H,23,24)(H,26,27). The first kappa shape index (κ1) is 17.0. The Hall–Kier alpha value is -3.44. The first-order chi connectivity index (χ1) is 13.0. The van der Waals surface area contributed by atoms with Gasteiger partial charge < -0.3 is 15.2 Å². The zero-order valence-electron chi connectivity index (χ0n) is 14.7. The molecule has 0 aliphatic heterocycles. The first-order valence-corrected chi connectivity index (χ1v) is 8.59. The summed E-state index contributed by atoms with van der Waals surface area (Å²) in [5, 5.41) is 19.7. The third-order valence-corrected chi connectivity index (χ3v) is 4.62. The second kappa shape index (κ2) is 6.70. The van der Waals surface area contributed by atoms with Crippen molar-refractivity contribution < 1.29 is 15.0 Å². The smallest absolute Gasteiger partial charge is 0.335 e. The molecule has 134 valence electrons. The molecule has 4 aromatic rings. The summed E-state index contributed by atoms with van der Waals surface area (Å²) in [5.74, 6) is -0.314. The molecule has 27 heavy (non-hydrogen) atoms. The number of H-pyrrole nitrogens is 1. The quantitative estimate of drug-likeness (QED) is 0.507. The molecule has 0 spiro atoms. The molecule has 0 aliphatic rings. The van der Waals surface area contributed by atoms with Crippen LogP contribution in [-0.2, 0) is 0 Å². The lowest BCUT2D eigenvalue weighted by Crippen LogP contribution is -1.99. The highest BCUT2D eigenvalue weighted by atomic mass is 16.4. The van der Waals surface area contributed by atoms with E-state index in [0.717, 1.165) is 22.3 Å². The number of carboxylic acids is 1. The van der Waals surface area contributed by atoms with Crippen molar-refractivity contribution in [3.05, 3.63) is 89.0 Å². The molecular formula is C22H18N2O3. The number of aryl methyl sites for hydroxylation is 1. The van der Waals surface area contributed by atoms with Crippen LogP contribution in [0.4, 0.5) is 0 Å². The van der Waals surface area contributed by atoms with Crippen LogP contribution in [0.25, 0.3) is 22.4 Å². The fourth-order valence-corrected chi connectivity index (χ4v) is 3.04. The van der Waals surface area contributed by atoms with Crippen LogP contribution >= 0.6 is 0 Å². The number of carbonyl (C=O) groups is 1. The highest BCUT2D eigenvalue weighted by molar-refractivity contribution is 5.93. The molecule has 0 aliphatic carbocycles. The van der Waals surface area contributed by atoms with Crippen LogP contribution in [0.2, 0.25) is 0 Å². The van der Waals surface area contributed by atoms with Crippen molar-refractivity contribution in [1.82, 2.24) is 9.97 Å². The van der Waals surface area contributed by atoms with Gasteiger partial charge >= 0.3 is 5.97 Å². The number of aliphatic hydroxyl groups excluding tert-OH is 1. The molecule has 1 unspecified atom stereocenters. The van der Waals surface area contributed by atoms with E-state index in [9.17, 15) is 9.90 Å². The van der Waals surface area contributed by atoms with E-state index in [0.29, 0.717) is 16.9 Å². The van der Waals surface area contributed by atoms with Gasteiger partial charge in [0.15, 0.2) is 0 Å². The molecule has 5 heteroatoms.